The van der Waals surface area contributed by atoms with Gasteiger partial charge in [0.05, 0.1) is 18.6 Å². The Kier molecular flexibility index (Phi) is 6.02. The molecule has 126 valence electrons. The molecular weight excluding hydrogens is 316 g/mol. The fourth-order valence-electron chi connectivity index (χ4n) is 2.90. The molecule has 0 spiro atoms. The number of rotatable bonds is 5. The van der Waals surface area contributed by atoms with Crippen molar-refractivity contribution in [3.05, 3.63) is 34.9 Å². The summed E-state index contributed by atoms with van der Waals surface area (Å²) < 4.78 is 0. The number of likely N-dealkylation sites (tertiary alicyclic amines) is 1. The SMILES string of the molecule is CC(=O)NC(CC(=O)N1CCC(C(C)O)C1)c1ccc(Cl)cc1. The zero-order chi connectivity index (χ0) is 17.0. The number of carbonyl (C=O) groups excluding carboxylic acids is 2. The van der Waals surface area contributed by atoms with Gasteiger partial charge in [-0.25, -0.2) is 0 Å². The van der Waals surface area contributed by atoms with Crippen molar-refractivity contribution < 1.29 is 14.7 Å². The number of nitrogens with zero attached hydrogens (tertiary/aromatic N) is 1. The van der Waals surface area contributed by atoms with Gasteiger partial charge in [-0.05, 0) is 31.0 Å². The van der Waals surface area contributed by atoms with Crippen LogP contribution >= 0.6 is 11.6 Å². The number of amides is 2. The van der Waals surface area contributed by atoms with Crippen molar-refractivity contribution in [1.29, 1.82) is 0 Å². The predicted molar refractivity (Wildman–Crippen MR) is 89.0 cm³/mol. The third kappa shape index (κ3) is 4.94. The van der Waals surface area contributed by atoms with Crippen molar-refractivity contribution in [2.24, 2.45) is 5.92 Å². The smallest absolute Gasteiger partial charge is 0.224 e. The number of aliphatic hydroxyl groups is 1. The van der Waals surface area contributed by atoms with E-state index in [1.807, 2.05) is 12.1 Å². The molecule has 0 saturated carbocycles. The molecule has 6 heteroatoms. The summed E-state index contributed by atoms with van der Waals surface area (Å²) in [4.78, 5) is 25.7. The van der Waals surface area contributed by atoms with Gasteiger partial charge < -0.3 is 15.3 Å². The van der Waals surface area contributed by atoms with Gasteiger partial charge in [0.25, 0.3) is 0 Å². The topological polar surface area (TPSA) is 69.6 Å². The van der Waals surface area contributed by atoms with Gasteiger partial charge in [0.2, 0.25) is 11.8 Å². The number of benzene rings is 1. The molecule has 1 aliphatic rings. The minimum Gasteiger partial charge on any atom is -0.393 e. The van der Waals surface area contributed by atoms with Crippen molar-refractivity contribution in [2.75, 3.05) is 13.1 Å². The van der Waals surface area contributed by atoms with Gasteiger partial charge in [0, 0.05) is 31.0 Å². The van der Waals surface area contributed by atoms with Crippen molar-refractivity contribution in [3.8, 4) is 0 Å². The fraction of sp³-hybridized carbons (Fsp3) is 0.529. The average molecular weight is 339 g/mol. The summed E-state index contributed by atoms with van der Waals surface area (Å²) in [5.41, 5.74) is 0.851. The Bertz CT molecular complexity index is 559. The van der Waals surface area contributed by atoms with Crippen molar-refractivity contribution >= 4 is 23.4 Å². The number of carbonyl (C=O) groups is 2. The molecule has 23 heavy (non-hydrogen) atoms. The molecule has 1 saturated heterocycles. The van der Waals surface area contributed by atoms with Gasteiger partial charge in [0.15, 0.2) is 0 Å². The summed E-state index contributed by atoms with van der Waals surface area (Å²) in [6.45, 7) is 4.42. The third-order valence-corrected chi connectivity index (χ3v) is 4.54. The van der Waals surface area contributed by atoms with E-state index in [2.05, 4.69) is 5.32 Å². The first-order valence-electron chi connectivity index (χ1n) is 7.85. The molecule has 1 fully saturated rings. The molecule has 0 bridgehead atoms. The lowest BCUT2D eigenvalue weighted by atomic mass is 10.0. The zero-order valence-electron chi connectivity index (χ0n) is 13.5. The largest absolute Gasteiger partial charge is 0.393 e. The Morgan fingerprint density at radius 3 is 2.57 bits per heavy atom. The second-order valence-corrected chi connectivity index (χ2v) is 6.57. The summed E-state index contributed by atoms with van der Waals surface area (Å²) in [6.07, 6.45) is 0.610. The predicted octanol–water partition coefficient (Wildman–Crippen LogP) is 2.14. The van der Waals surface area contributed by atoms with E-state index in [4.69, 9.17) is 11.6 Å². The highest BCUT2D eigenvalue weighted by molar-refractivity contribution is 6.30. The lowest BCUT2D eigenvalue weighted by molar-refractivity contribution is -0.131. The molecule has 2 rings (SSSR count). The van der Waals surface area contributed by atoms with Crippen LogP contribution in [0, 0.1) is 5.92 Å². The van der Waals surface area contributed by atoms with E-state index < -0.39 is 6.10 Å². The summed E-state index contributed by atoms with van der Waals surface area (Å²) in [6, 6.07) is 6.76. The number of nitrogens with one attached hydrogen (secondary N) is 1. The average Bonchev–Trinajstić information content (AvgIpc) is 2.97. The maximum atomic E-state index is 12.5. The molecule has 2 N–H and O–H groups in total. The van der Waals surface area contributed by atoms with E-state index in [1.54, 1.807) is 24.0 Å². The molecule has 1 heterocycles. The first kappa shape index (κ1) is 17.8. The molecule has 5 nitrogen and oxygen atoms in total. The highest BCUT2D eigenvalue weighted by Crippen LogP contribution is 2.24. The van der Waals surface area contributed by atoms with Crippen LogP contribution in [-0.2, 0) is 9.59 Å². The molecule has 1 aromatic carbocycles. The maximum absolute atomic E-state index is 12.5. The van der Waals surface area contributed by atoms with E-state index in [0.717, 1.165) is 12.0 Å². The highest BCUT2D eigenvalue weighted by atomic mass is 35.5. The first-order chi connectivity index (χ1) is 10.9. The van der Waals surface area contributed by atoms with Crippen LogP contribution in [0.15, 0.2) is 24.3 Å². The van der Waals surface area contributed by atoms with Crippen LogP contribution in [0.4, 0.5) is 0 Å². The van der Waals surface area contributed by atoms with Crippen molar-refractivity contribution in [3.63, 3.8) is 0 Å². The van der Waals surface area contributed by atoms with Crippen LogP contribution in [-0.4, -0.2) is 41.0 Å². The Balaban J connectivity index is 2.04. The van der Waals surface area contributed by atoms with Gasteiger partial charge >= 0.3 is 0 Å². The number of hydrogen-bond donors (Lipinski definition) is 2. The summed E-state index contributed by atoms with van der Waals surface area (Å²) >= 11 is 5.89. The number of aliphatic hydroxyl groups excluding tert-OH is 1. The van der Waals surface area contributed by atoms with Crippen molar-refractivity contribution in [2.45, 2.75) is 38.8 Å². The van der Waals surface area contributed by atoms with Crippen LogP contribution in [0.1, 0.15) is 38.3 Å². The Labute approximate surface area is 141 Å². The second-order valence-electron chi connectivity index (χ2n) is 6.14. The molecule has 0 aliphatic carbocycles. The molecule has 2 amide bonds. The van der Waals surface area contributed by atoms with Gasteiger partial charge in [0.1, 0.15) is 0 Å². The number of halogens is 1. The molecule has 0 aromatic heterocycles. The Morgan fingerprint density at radius 2 is 2.04 bits per heavy atom. The summed E-state index contributed by atoms with van der Waals surface area (Å²) in [7, 11) is 0. The minimum absolute atomic E-state index is 0.0122. The highest BCUT2D eigenvalue weighted by Gasteiger charge is 2.30. The van der Waals surface area contributed by atoms with Crippen molar-refractivity contribution in [1.82, 2.24) is 10.2 Å². The molecule has 3 unspecified atom stereocenters. The van der Waals surface area contributed by atoms with Gasteiger partial charge in [-0.2, -0.15) is 0 Å². The molecule has 3 atom stereocenters. The monoisotopic (exact) mass is 338 g/mol. The second kappa shape index (κ2) is 7.79. The molecule has 1 aromatic rings. The maximum Gasteiger partial charge on any atom is 0.224 e. The Morgan fingerprint density at radius 1 is 1.39 bits per heavy atom. The van der Waals surface area contributed by atoms with Crippen LogP contribution in [0.2, 0.25) is 5.02 Å². The zero-order valence-corrected chi connectivity index (χ0v) is 14.2. The van der Waals surface area contributed by atoms with Crippen LogP contribution in [0.25, 0.3) is 0 Å². The van der Waals surface area contributed by atoms with Crippen LogP contribution < -0.4 is 5.32 Å². The normalized spacial score (nSPS) is 20.2. The lowest BCUT2D eigenvalue weighted by Crippen LogP contribution is -2.35. The molecule has 1 aliphatic heterocycles. The van der Waals surface area contributed by atoms with Crippen LogP contribution in [0.5, 0.6) is 0 Å². The van der Waals surface area contributed by atoms with Gasteiger partial charge in [-0.1, -0.05) is 23.7 Å². The van der Waals surface area contributed by atoms with E-state index in [9.17, 15) is 14.7 Å². The third-order valence-electron chi connectivity index (χ3n) is 4.29. The fourth-order valence-corrected chi connectivity index (χ4v) is 3.03. The Hall–Kier alpha value is -1.59. The first-order valence-corrected chi connectivity index (χ1v) is 8.23. The summed E-state index contributed by atoms with van der Waals surface area (Å²) in [5.74, 6) is -0.0587. The van der Waals surface area contributed by atoms with Gasteiger partial charge in [-0.15, -0.1) is 0 Å². The van der Waals surface area contributed by atoms with E-state index in [0.29, 0.717) is 18.1 Å². The summed E-state index contributed by atoms with van der Waals surface area (Å²) in [5, 5.41) is 13.1. The minimum atomic E-state index is -0.407. The molecular formula is C17H23ClN2O3. The van der Waals surface area contributed by atoms with Gasteiger partial charge in [-0.3, -0.25) is 9.59 Å². The van der Waals surface area contributed by atoms with E-state index in [-0.39, 0.29) is 30.2 Å². The number of hydrogen-bond acceptors (Lipinski definition) is 3. The lowest BCUT2D eigenvalue weighted by Gasteiger charge is -2.23. The van der Waals surface area contributed by atoms with Crippen LogP contribution in [0.3, 0.4) is 0 Å². The van der Waals surface area contributed by atoms with E-state index in [1.165, 1.54) is 6.92 Å². The standard InChI is InChI=1S/C17H23ClN2O3/c1-11(21)14-7-8-20(10-14)17(23)9-16(19-12(2)22)13-3-5-15(18)6-4-13/h3-6,11,14,16,21H,7-10H2,1-2H3,(H,19,22). The van der Waals surface area contributed by atoms with E-state index >= 15 is 0 Å². The quantitative estimate of drug-likeness (QED) is 0.864. The molecule has 0 radical (unpaired) electrons.